The van der Waals surface area contributed by atoms with Crippen LogP contribution in [0.15, 0.2) is 0 Å². The van der Waals surface area contributed by atoms with Crippen molar-refractivity contribution in [2.24, 2.45) is 5.73 Å². The largest absolute Gasteiger partial charge is 0.480 e. The summed E-state index contributed by atoms with van der Waals surface area (Å²) in [6.45, 7) is 0.814. The Morgan fingerprint density at radius 3 is 2.44 bits per heavy atom. The first-order valence-electron chi connectivity index (χ1n) is 5.42. The van der Waals surface area contributed by atoms with Crippen LogP contribution < -0.4 is 11.1 Å². The molecule has 0 aromatic rings. The molecule has 1 atom stereocenters. The van der Waals surface area contributed by atoms with Gasteiger partial charge in [-0.15, -0.1) is 6.42 Å². The number of carbonyl (C=O) groups is 3. The molecule has 0 aliphatic rings. The van der Waals surface area contributed by atoms with Crippen LogP contribution in [0.4, 0.5) is 4.79 Å². The van der Waals surface area contributed by atoms with E-state index in [-0.39, 0.29) is 0 Å². The van der Waals surface area contributed by atoms with Gasteiger partial charge in [0.1, 0.15) is 13.1 Å². The number of rotatable bonds is 7. The Balaban J connectivity index is 4.59. The monoisotopic (exact) mass is 255 g/mol. The minimum absolute atomic E-state index is 0.471. The maximum Gasteiger partial charge on any atom is 0.323 e. The van der Waals surface area contributed by atoms with E-state index < -0.39 is 37.0 Å². The van der Waals surface area contributed by atoms with E-state index in [1.165, 1.54) is 0 Å². The Labute approximate surface area is 105 Å². The lowest BCUT2D eigenvalue weighted by molar-refractivity contribution is -0.137. The zero-order valence-electron chi connectivity index (χ0n) is 10.2. The van der Waals surface area contributed by atoms with Gasteiger partial charge >= 0.3 is 12.0 Å². The van der Waals surface area contributed by atoms with Gasteiger partial charge in [0.15, 0.2) is 0 Å². The van der Waals surface area contributed by atoms with Crippen LogP contribution in [0, 0.1) is 12.3 Å². The fourth-order valence-electron chi connectivity index (χ4n) is 1.28. The molecule has 0 fully saturated rings. The molecule has 0 aromatic heterocycles. The minimum atomic E-state index is -1.24. The topological polar surface area (TPSA) is 113 Å². The second-order valence-electron chi connectivity index (χ2n) is 3.67. The molecule has 0 saturated heterocycles. The van der Waals surface area contributed by atoms with E-state index in [0.717, 1.165) is 11.3 Å². The van der Waals surface area contributed by atoms with Crippen molar-refractivity contribution < 1.29 is 19.5 Å². The van der Waals surface area contributed by atoms with Gasteiger partial charge in [0.2, 0.25) is 5.91 Å². The molecule has 0 aromatic carbocycles. The number of terminal acetylenes is 1. The number of carbonyl (C=O) groups excluding carboxylic acids is 2. The van der Waals surface area contributed by atoms with Crippen molar-refractivity contribution in [1.82, 2.24) is 10.2 Å². The van der Waals surface area contributed by atoms with E-state index >= 15 is 0 Å². The van der Waals surface area contributed by atoms with Gasteiger partial charge < -0.3 is 21.1 Å². The third-order valence-electron chi connectivity index (χ3n) is 2.04. The predicted octanol–water partition coefficient (Wildman–Crippen LogP) is -0.630. The van der Waals surface area contributed by atoms with Gasteiger partial charge in [-0.1, -0.05) is 19.3 Å². The van der Waals surface area contributed by atoms with Crippen LogP contribution in [0.1, 0.15) is 19.8 Å². The number of primary amides is 1. The van der Waals surface area contributed by atoms with E-state index in [1.54, 1.807) is 0 Å². The van der Waals surface area contributed by atoms with Crippen LogP contribution in [0.25, 0.3) is 0 Å². The highest BCUT2D eigenvalue weighted by Gasteiger charge is 2.20. The molecule has 1 unspecified atom stereocenters. The first-order valence-corrected chi connectivity index (χ1v) is 5.42. The van der Waals surface area contributed by atoms with Crippen LogP contribution in [-0.4, -0.2) is 47.0 Å². The Bertz CT molecular complexity index is 346. The first-order chi connectivity index (χ1) is 8.40. The first kappa shape index (κ1) is 15.8. The fourth-order valence-corrected chi connectivity index (χ4v) is 1.28. The number of carboxylic acids is 1. The molecular formula is C11H17N3O4. The van der Waals surface area contributed by atoms with Crippen molar-refractivity contribution in [2.75, 3.05) is 13.1 Å². The Kier molecular flexibility index (Phi) is 6.96. The van der Waals surface area contributed by atoms with Crippen molar-refractivity contribution in [2.45, 2.75) is 25.8 Å². The van der Waals surface area contributed by atoms with Gasteiger partial charge in [-0.3, -0.25) is 9.59 Å². The highest BCUT2D eigenvalue weighted by molar-refractivity contribution is 5.86. The standard InChI is InChI=1S/C11H17N3O4/c1-3-5-8(4-2)13-11(18)14(6-9(12)15)7-10(16)17/h2,8H,3,5-7H2,1H3,(H2,12,15)(H,13,18)(H,16,17). The van der Waals surface area contributed by atoms with Gasteiger partial charge in [-0.25, -0.2) is 4.79 Å². The zero-order valence-corrected chi connectivity index (χ0v) is 10.2. The van der Waals surface area contributed by atoms with Crippen molar-refractivity contribution in [3.05, 3.63) is 0 Å². The molecule has 0 rings (SSSR count). The van der Waals surface area contributed by atoms with E-state index in [2.05, 4.69) is 11.2 Å². The predicted molar refractivity (Wildman–Crippen MR) is 64.5 cm³/mol. The summed E-state index contributed by atoms with van der Waals surface area (Å²) in [6.07, 6.45) is 6.56. The second-order valence-corrected chi connectivity index (χ2v) is 3.67. The summed E-state index contributed by atoms with van der Waals surface area (Å²) >= 11 is 0. The molecule has 0 radical (unpaired) electrons. The number of nitrogens with zero attached hydrogens (tertiary/aromatic N) is 1. The molecule has 0 spiro atoms. The number of nitrogens with two attached hydrogens (primary N) is 1. The molecule has 0 saturated carbocycles. The molecule has 7 nitrogen and oxygen atoms in total. The van der Waals surface area contributed by atoms with Crippen LogP contribution in [-0.2, 0) is 9.59 Å². The maximum absolute atomic E-state index is 11.7. The summed E-state index contributed by atoms with van der Waals surface area (Å²) in [7, 11) is 0. The molecule has 7 heteroatoms. The molecule has 100 valence electrons. The van der Waals surface area contributed by atoms with Crippen molar-refractivity contribution in [3.8, 4) is 12.3 Å². The van der Waals surface area contributed by atoms with Crippen LogP contribution >= 0.6 is 0 Å². The number of urea groups is 1. The Hall–Kier alpha value is -2.23. The molecular weight excluding hydrogens is 238 g/mol. The number of hydrogen-bond acceptors (Lipinski definition) is 3. The molecule has 0 heterocycles. The SMILES string of the molecule is C#CC(CCC)NC(=O)N(CC(N)=O)CC(=O)O. The normalized spacial score (nSPS) is 11.1. The Morgan fingerprint density at radius 2 is 2.06 bits per heavy atom. The second kappa shape index (κ2) is 7.95. The molecule has 0 bridgehead atoms. The molecule has 3 amide bonds. The zero-order chi connectivity index (χ0) is 14.1. The van der Waals surface area contributed by atoms with E-state index in [4.69, 9.17) is 17.3 Å². The highest BCUT2D eigenvalue weighted by Crippen LogP contribution is 1.97. The fraction of sp³-hybridized carbons (Fsp3) is 0.545. The van der Waals surface area contributed by atoms with Gasteiger partial charge in [-0.05, 0) is 6.42 Å². The molecule has 0 aliphatic heterocycles. The third-order valence-corrected chi connectivity index (χ3v) is 2.04. The summed E-state index contributed by atoms with van der Waals surface area (Å²) in [5, 5.41) is 11.1. The summed E-state index contributed by atoms with van der Waals surface area (Å²) in [5.41, 5.74) is 4.94. The lowest BCUT2D eigenvalue weighted by atomic mass is 10.2. The quantitative estimate of drug-likeness (QED) is 0.525. The van der Waals surface area contributed by atoms with Gasteiger partial charge in [0.05, 0.1) is 6.04 Å². The summed E-state index contributed by atoms with van der Waals surface area (Å²) in [6, 6.07) is -1.21. The number of carboxylic acid groups (broad SMARTS) is 1. The van der Waals surface area contributed by atoms with Crippen LogP contribution in [0.5, 0.6) is 0 Å². The molecule has 18 heavy (non-hydrogen) atoms. The molecule has 0 aliphatic carbocycles. The van der Waals surface area contributed by atoms with Crippen LogP contribution in [0.2, 0.25) is 0 Å². The van der Waals surface area contributed by atoms with E-state index in [1.807, 2.05) is 6.92 Å². The summed E-state index contributed by atoms with van der Waals surface area (Å²) < 4.78 is 0. The average molecular weight is 255 g/mol. The van der Waals surface area contributed by atoms with Crippen molar-refractivity contribution >= 4 is 17.9 Å². The maximum atomic E-state index is 11.7. The van der Waals surface area contributed by atoms with Crippen molar-refractivity contribution in [3.63, 3.8) is 0 Å². The number of hydrogen-bond donors (Lipinski definition) is 3. The highest BCUT2D eigenvalue weighted by atomic mass is 16.4. The smallest absolute Gasteiger partial charge is 0.323 e. The van der Waals surface area contributed by atoms with Crippen LogP contribution in [0.3, 0.4) is 0 Å². The van der Waals surface area contributed by atoms with E-state index in [9.17, 15) is 14.4 Å². The Morgan fingerprint density at radius 1 is 1.44 bits per heavy atom. The lowest BCUT2D eigenvalue weighted by Crippen LogP contribution is -2.49. The number of amides is 3. The summed E-state index contributed by atoms with van der Waals surface area (Å²) in [5.74, 6) is 0.344. The summed E-state index contributed by atoms with van der Waals surface area (Å²) in [4.78, 5) is 33.8. The van der Waals surface area contributed by atoms with Gasteiger partial charge in [0.25, 0.3) is 0 Å². The number of aliphatic carboxylic acids is 1. The third kappa shape index (κ3) is 6.37. The molecule has 4 N–H and O–H groups in total. The van der Waals surface area contributed by atoms with Gasteiger partial charge in [-0.2, -0.15) is 0 Å². The van der Waals surface area contributed by atoms with Gasteiger partial charge in [0, 0.05) is 0 Å². The average Bonchev–Trinajstić information content (AvgIpc) is 2.26. The van der Waals surface area contributed by atoms with Crippen molar-refractivity contribution in [1.29, 1.82) is 0 Å². The lowest BCUT2D eigenvalue weighted by Gasteiger charge is -2.21. The van der Waals surface area contributed by atoms with E-state index in [0.29, 0.717) is 6.42 Å². The number of nitrogens with one attached hydrogen (secondary N) is 1. The minimum Gasteiger partial charge on any atom is -0.480 e.